The molecule has 3 rings (SSSR count). The van der Waals surface area contributed by atoms with E-state index < -0.39 is 17.9 Å². The molecule has 1 aliphatic rings. The molecule has 2 heterocycles. The normalized spacial score (nSPS) is 13.7. The van der Waals surface area contributed by atoms with Crippen LogP contribution in [0.2, 0.25) is 0 Å². The highest BCUT2D eigenvalue weighted by atomic mass is 19.1. The van der Waals surface area contributed by atoms with Crippen molar-refractivity contribution in [3.8, 4) is 0 Å². The lowest BCUT2D eigenvalue weighted by Crippen LogP contribution is -2.48. The highest BCUT2D eigenvalue weighted by Gasteiger charge is 2.23. The Bertz CT molecular complexity index is 1060. The summed E-state index contributed by atoms with van der Waals surface area (Å²) in [6.07, 6.45) is 1.05. The summed E-state index contributed by atoms with van der Waals surface area (Å²) in [7, 11) is 1.37. The molecule has 12 heteroatoms. The maximum absolute atomic E-state index is 15.1. The molecule has 0 atom stereocenters. The molecular formula is C24H31FN6O5. The van der Waals surface area contributed by atoms with E-state index >= 15 is 4.39 Å². The van der Waals surface area contributed by atoms with Gasteiger partial charge in [0, 0.05) is 50.9 Å². The molecule has 0 bridgehead atoms. The lowest BCUT2D eigenvalue weighted by Gasteiger charge is -2.34. The van der Waals surface area contributed by atoms with Gasteiger partial charge in [-0.25, -0.2) is 19.0 Å². The minimum atomic E-state index is -0.569. The van der Waals surface area contributed by atoms with Crippen molar-refractivity contribution >= 4 is 29.4 Å². The molecule has 1 aromatic heterocycles. The number of nitrogens with one attached hydrogen (secondary N) is 2. The molecule has 2 aromatic rings. The molecular weight excluding hydrogens is 471 g/mol. The molecule has 0 aliphatic carbocycles. The van der Waals surface area contributed by atoms with Crippen molar-refractivity contribution in [1.82, 2.24) is 19.8 Å². The molecule has 1 aromatic carbocycles. The number of carbonyl (C=O) groups excluding carboxylic acids is 3. The van der Waals surface area contributed by atoms with Crippen molar-refractivity contribution in [3.63, 3.8) is 0 Å². The third-order valence-electron chi connectivity index (χ3n) is 5.61. The van der Waals surface area contributed by atoms with Gasteiger partial charge in [-0.2, -0.15) is 0 Å². The van der Waals surface area contributed by atoms with Crippen LogP contribution in [0.3, 0.4) is 0 Å². The Kier molecular flexibility index (Phi) is 9.53. The average Bonchev–Trinajstić information content (AvgIpc) is 2.86. The Labute approximate surface area is 209 Å². The number of aromatic nitrogens is 1. The number of hydroxylamine groups is 2. The molecule has 0 unspecified atom stereocenters. The monoisotopic (exact) mass is 502 g/mol. The van der Waals surface area contributed by atoms with Crippen molar-refractivity contribution in [1.29, 1.82) is 0 Å². The average molecular weight is 503 g/mol. The van der Waals surface area contributed by atoms with Gasteiger partial charge in [0.05, 0.1) is 31.2 Å². The maximum atomic E-state index is 15.1. The first-order valence-corrected chi connectivity index (χ1v) is 11.5. The molecule has 1 saturated heterocycles. The molecule has 0 saturated carbocycles. The number of aryl methyl sites for hydroxylation is 1. The van der Waals surface area contributed by atoms with Gasteiger partial charge in [0.15, 0.2) is 5.82 Å². The highest BCUT2D eigenvalue weighted by molar-refractivity contribution is 5.99. The van der Waals surface area contributed by atoms with Gasteiger partial charge in [-0.05, 0) is 25.1 Å². The largest absolute Gasteiger partial charge is 0.447 e. The Balaban J connectivity index is 1.47. The number of urea groups is 1. The zero-order valence-electron chi connectivity index (χ0n) is 20.6. The number of hydrogen-bond acceptors (Lipinski definition) is 7. The smallest absolute Gasteiger partial charge is 0.409 e. The second kappa shape index (κ2) is 12.8. The fourth-order valence-corrected chi connectivity index (χ4v) is 3.64. The van der Waals surface area contributed by atoms with Crippen LogP contribution in [0.25, 0.3) is 0 Å². The van der Waals surface area contributed by atoms with E-state index in [1.165, 1.54) is 26.3 Å². The quantitative estimate of drug-likeness (QED) is 0.533. The number of rotatable bonds is 8. The third-order valence-corrected chi connectivity index (χ3v) is 5.61. The van der Waals surface area contributed by atoms with Crippen LogP contribution in [-0.4, -0.2) is 84.3 Å². The maximum Gasteiger partial charge on any atom is 0.409 e. The number of amides is 4. The summed E-state index contributed by atoms with van der Waals surface area (Å²) in [5.41, 5.74) is 1.83. The molecule has 1 fully saturated rings. The zero-order chi connectivity index (χ0) is 26.1. The molecule has 2 N–H and O–H groups in total. The molecule has 0 spiro atoms. The van der Waals surface area contributed by atoms with E-state index in [2.05, 4.69) is 15.6 Å². The second-order valence-electron chi connectivity index (χ2n) is 8.23. The van der Waals surface area contributed by atoms with Crippen LogP contribution in [0.1, 0.15) is 18.2 Å². The first kappa shape index (κ1) is 26.8. The van der Waals surface area contributed by atoms with Crippen molar-refractivity contribution < 1.29 is 28.3 Å². The van der Waals surface area contributed by atoms with Crippen LogP contribution in [0.15, 0.2) is 36.5 Å². The Hall–Kier alpha value is -3.77. The SMILES string of the molecule is CON(CCOC(=O)N1CCN(Cc2cccc(NC(=O)Nc3ccc(C)nc3)c2F)CC1)C(C)=O. The van der Waals surface area contributed by atoms with Gasteiger partial charge in [-0.1, -0.05) is 12.1 Å². The van der Waals surface area contributed by atoms with Crippen LogP contribution in [-0.2, 0) is 20.9 Å². The van der Waals surface area contributed by atoms with Gasteiger partial charge in [-0.3, -0.25) is 19.5 Å². The summed E-state index contributed by atoms with van der Waals surface area (Å²) in [6.45, 7) is 5.59. The summed E-state index contributed by atoms with van der Waals surface area (Å²) in [5, 5.41) is 6.27. The number of piperazine rings is 1. The van der Waals surface area contributed by atoms with E-state index in [0.717, 1.165) is 10.8 Å². The van der Waals surface area contributed by atoms with Gasteiger partial charge in [0.25, 0.3) is 0 Å². The summed E-state index contributed by atoms with van der Waals surface area (Å²) >= 11 is 0. The van der Waals surface area contributed by atoms with Gasteiger partial charge in [0.1, 0.15) is 6.61 Å². The summed E-state index contributed by atoms with van der Waals surface area (Å²) in [5.74, 6) is -0.789. The summed E-state index contributed by atoms with van der Waals surface area (Å²) in [4.78, 5) is 48.5. The van der Waals surface area contributed by atoms with Gasteiger partial charge < -0.3 is 20.3 Å². The lowest BCUT2D eigenvalue weighted by atomic mass is 10.1. The first-order valence-electron chi connectivity index (χ1n) is 11.5. The van der Waals surface area contributed by atoms with Crippen molar-refractivity contribution in [2.24, 2.45) is 0 Å². The molecule has 4 amide bonds. The van der Waals surface area contributed by atoms with E-state index in [4.69, 9.17) is 9.57 Å². The van der Waals surface area contributed by atoms with Crippen LogP contribution < -0.4 is 10.6 Å². The minimum absolute atomic E-state index is 0.0193. The van der Waals surface area contributed by atoms with E-state index in [1.807, 2.05) is 11.8 Å². The van der Waals surface area contributed by atoms with Crippen molar-refractivity contribution in [2.75, 3.05) is 57.1 Å². The topological polar surface area (TPSA) is 116 Å². The predicted molar refractivity (Wildman–Crippen MR) is 131 cm³/mol. The van der Waals surface area contributed by atoms with E-state index in [0.29, 0.717) is 44.0 Å². The van der Waals surface area contributed by atoms with Crippen LogP contribution in [0, 0.1) is 12.7 Å². The number of ether oxygens (including phenoxy) is 1. The first-order chi connectivity index (χ1) is 17.3. The van der Waals surface area contributed by atoms with Crippen LogP contribution >= 0.6 is 0 Å². The number of benzene rings is 1. The predicted octanol–water partition coefficient (Wildman–Crippen LogP) is 2.84. The van der Waals surface area contributed by atoms with Crippen LogP contribution in [0.4, 0.5) is 25.4 Å². The molecule has 1 aliphatic heterocycles. The number of halogens is 1. The van der Waals surface area contributed by atoms with E-state index in [9.17, 15) is 14.4 Å². The molecule has 0 radical (unpaired) electrons. The molecule has 11 nitrogen and oxygen atoms in total. The highest BCUT2D eigenvalue weighted by Crippen LogP contribution is 2.21. The van der Waals surface area contributed by atoms with Gasteiger partial charge >= 0.3 is 12.1 Å². The molecule has 36 heavy (non-hydrogen) atoms. The number of nitrogens with zero attached hydrogens (tertiary/aromatic N) is 4. The number of carbonyl (C=O) groups is 3. The Morgan fingerprint density at radius 1 is 1.11 bits per heavy atom. The van der Waals surface area contributed by atoms with Crippen molar-refractivity contribution in [3.05, 3.63) is 53.6 Å². The van der Waals surface area contributed by atoms with Crippen molar-refractivity contribution in [2.45, 2.75) is 20.4 Å². The van der Waals surface area contributed by atoms with E-state index in [-0.39, 0.29) is 24.7 Å². The van der Waals surface area contributed by atoms with Crippen LogP contribution in [0.5, 0.6) is 0 Å². The fourth-order valence-electron chi connectivity index (χ4n) is 3.64. The third kappa shape index (κ3) is 7.62. The van der Waals surface area contributed by atoms with Gasteiger partial charge in [-0.15, -0.1) is 0 Å². The second-order valence-corrected chi connectivity index (χ2v) is 8.23. The number of pyridine rings is 1. The lowest BCUT2D eigenvalue weighted by molar-refractivity contribution is -0.175. The number of hydrogen-bond donors (Lipinski definition) is 2. The standard InChI is InChI=1S/C24H31FN6O5/c1-17-7-8-20(15-26-17)27-23(33)28-21-6-4-5-19(22(21)25)16-29-9-11-30(12-10-29)24(34)36-14-13-31(35-3)18(2)32/h4-8,15H,9-14,16H2,1-3H3,(H2,27,28,33). The fraction of sp³-hybridized carbons (Fsp3) is 0.417. The Morgan fingerprint density at radius 2 is 1.86 bits per heavy atom. The molecule has 194 valence electrons. The Morgan fingerprint density at radius 3 is 2.50 bits per heavy atom. The minimum Gasteiger partial charge on any atom is -0.447 e. The number of anilines is 2. The van der Waals surface area contributed by atoms with Gasteiger partial charge in [0.2, 0.25) is 5.91 Å². The zero-order valence-corrected chi connectivity index (χ0v) is 20.6. The van der Waals surface area contributed by atoms with E-state index in [1.54, 1.807) is 29.2 Å². The summed E-state index contributed by atoms with van der Waals surface area (Å²) < 4.78 is 20.3. The summed E-state index contributed by atoms with van der Waals surface area (Å²) in [6, 6.07) is 7.75.